The second-order valence-corrected chi connectivity index (χ2v) is 5.89. The summed E-state index contributed by atoms with van der Waals surface area (Å²) in [5.74, 6) is 0. The predicted octanol–water partition coefficient (Wildman–Crippen LogP) is 2.09. The highest BCUT2D eigenvalue weighted by atomic mass is 32.2. The molecule has 2 atom stereocenters. The molecule has 0 saturated carbocycles. The van der Waals surface area contributed by atoms with Crippen molar-refractivity contribution in [3.8, 4) is 0 Å². The van der Waals surface area contributed by atoms with E-state index in [4.69, 9.17) is 9.47 Å². The summed E-state index contributed by atoms with van der Waals surface area (Å²) in [6.07, 6.45) is 3.29. The molecule has 2 rings (SSSR count). The molecule has 2 unspecified atom stereocenters. The zero-order chi connectivity index (χ0) is 13.5. The van der Waals surface area contributed by atoms with Crippen LogP contribution < -0.4 is 5.32 Å². The fourth-order valence-corrected chi connectivity index (χ4v) is 3.26. The molecule has 0 radical (unpaired) electrons. The lowest BCUT2D eigenvalue weighted by Gasteiger charge is -2.15. The molecule has 0 amide bonds. The Hall–Kier alpha value is -0.620. The van der Waals surface area contributed by atoms with Crippen molar-refractivity contribution in [1.29, 1.82) is 0 Å². The zero-order valence-electron chi connectivity index (χ0n) is 11.6. The van der Waals surface area contributed by atoms with Gasteiger partial charge in [0.25, 0.3) is 0 Å². The van der Waals surface area contributed by atoms with Crippen molar-refractivity contribution in [1.82, 2.24) is 10.3 Å². The van der Waals surface area contributed by atoms with Crippen molar-refractivity contribution in [2.45, 2.75) is 36.3 Å². The Bertz CT molecular complexity index is 389. The van der Waals surface area contributed by atoms with Gasteiger partial charge in [0.2, 0.25) is 0 Å². The number of nitrogens with one attached hydrogen (secondary N) is 1. The van der Waals surface area contributed by atoms with Crippen LogP contribution in [-0.2, 0) is 16.0 Å². The van der Waals surface area contributed by atoms with Gasteiger partial charge in [-0.05, 0) is 25.0 Å². The lowest BCUT2D eigenvalue weighted by molar-refractivity contribution is 0.127. The normalized spacial score (nSPS) is 22.8. The Kier molecular flexibility index (Phi) is 6.10. The zero-order valence-corrected chi connectivity index (χ0v) is 12.4. The molecule has 5 heteroatoms. The number of pyridine rings is 1. The highest BCUT2D eigenvalue weighted by Gasteiger charge is 2.26. The molecule has 1 aromatic heterocycles. The monoisotopic (exact) mass is 282 g/mol. The highest BCUT2D eigenvalue weighted by molar-refractivity contribution is 8.00. The van der Waals surface area contributed by atoms with Crippen molar-refractivity contribution in [2.75, 3.05) is 26.9 Å². The minimum atomic E-state index is 0.321. The first-order valence-corrected chi connectivity index (χ1v) is 7.61. The van der Waals surface area contributed by atoms with Crippen LogP contribution in [0.15, 0.2) is 23.4 Å². The van der Waals surface area contributed by atoms with Gasteiger partial charge in [-0.3, -0.25) is 0 Å². The maximum atomic E-state index is 5.61. The van der Waals surface area contributed by atoms with Crippen LogP contribution in [0, 0.1) is 0 Å². The number of methoxy groups -OCH3 is 1. The third-order valence-electron chi connectivity index (χ3n) is 3.22. The Labute approximate surface area is 119 Å². The van der Waals surface area contributed by atoms with Gasteiger partial charge in [-0.1, -0.05) is 17.8 Å². The fourth-order valence-electron chi connectivity index (χ4n) is 2.07. The van der Waals surface area contributed by atoms with E-state index in [1.165, 1.54) is 5.56 Å². The minimum Gasteiger partial charge on any atom is -0.383 e. The molecule has 1 aromatic rings. The first-order chi connectivity index (χ1) is 9.31. The summed E-state index contributed by atoms with van der Waals surface area (Å²) in [6.45, 7) is 5.44. The van der Waals surface area contributed by atoms with Crippen LogP contribution in [0.5, 0.6) is 0 Å². The summed E-state index contributed by atoms with van der Waals surface area (Å²) >= 11 is 1.84. The van der Waals surface area contributed by atoms with E-state index in [0.717, 1.165) is 37.8 Å². The van der Waals surface area contributed by atoms with E-state index in [9.17, 15) is 0 Å². The maximum Gasteiger partial charge on any atom is 0.101 e. The molecule has 1 N–H and O–H groups in total. The van der Waals surface area contributed by atoms with Gasteiger partial charge < -0.3 is 14.8 Å². The van der Waals surface area contributed by atoms with Gasteiger partial charge in [-0.25, -0.2) is 4.98 Å². The number of aromatic nitrogens is 1. The van der Waals surface area contributed by atoms with Crippen molar-refractivity contribution in [2.24, 2.45) is 0 Å². The van der Waals surface area contributed by atoms with Crippen LogP contribution in [-0.4, -0.2) is 43.2 Å². The summed E-state index contributed by atoms with van der Waals surface area (Å²) in [6, 6.07) is 4.13. The van der Waals surface area contributed by atoms with Crippen LogP contribution >= 0.6 is 11.8 Å². The van der Waals surface area contributed by atoms with Gasteiger partial charge in [0.15, 0.2) is 0 Å². The standard InChI is InChI=1S/C14H22N2O2S/c1-11-13(5-8-18-11)19-14-12(4-3-6-16-14)10-15-7-9-17-2/h3-4,6,11,13,15H,5,7-10H2,1-2H3. The first kappa shape index (κ1) is 14.8. The smallest absolute Gasteiger partial charge is 0.101 e. The van der Waals surface area contributed by atoms with Crippen molar-refractivity contribution in [3.05, 3.63) is 23.9 Å². The number of ether oxygens (including phenoxy) is 2. The van der Waals surface area contributed by atoms with Gasteiger partial charge in [0, 0.05) is 38.3 Å². The topological polar surface area (TPSA) is 43.4 Å². The maximum absolute atomic E-state index is 5.61. The molecule has 0 aromatic carbocycles. The fraction of sp³-hybridized carbons (Fsp3) is 0.643. The third kappa shape index (κ3) is 4.45. The van der Waals surface area contributed by atoms with Crippen molar-refractivity contribution < 1.29 is 9.47 Å². The van der Waals surface area contributed by atoms with Gasteiger partial charge in [-0.15, -0.1) is 0 Å². The summed E-state index contributed by atoms with van der Waals surface area (Å²) in [7, 11) is 1.72. The van der Waals surface area contributed by atoms with E-state index in [2.05, 4.69) is 23.3 Å². The lowest BCUT2D eigenvalue weighted by atomic mass is 10.2. The van der Waals surface area contributed by atoms with Crippen LogP contribution in [0.4, 0.5) is 0 Å². The predicted molar refractivity (Wildman–Crippen MR) is 77.5 cm³/mol. The van der Waals surface area contributed by atoms with Crippen LogP contribution in [0.3, 0.4) is 0 Å². The highest BCUT2D eigenvalue weighted by Crippen LogP contribution is 2.32. The van der Waals surface area contributed by atoms with Crippen LogP contribution in [0.2, 0.25) is 0 Å². The molecule has 0 aliphatic carbocycles. The summed E-state index contributed by atoms with van der Waals surface area (Å²) in [5, 5.41) is 5.01. The number of hydrogen-bond donors (Lipinski definition) is 1. The quantitative estimate of drug-likeness (QED) is 0.776. The second-order valence-electron chi connectivity index (χ2n) is 4.66. The van der Waals surface area contributed by atoms with E-state index in [-0.39, 0.29) is 0 Å². The molecule has 0 bridgehead atoms. The number of thioether (sulfide) groups is 1. The van der Waals surface area contributed by atoms with Crippen LogP contribution in [0.25, 0.3) is 0 Å². The molecular weight excluding hydrogens is 260 g/mol. The minimum absolute atomic E-state index is 0.321. The summed E-state index contributed by atoms with van der Waals surface area (Å²) < 4.78 is 10.6. The Morgan fingerprint density at radius 1 is 1.58 bits per heavy atom. The van der Waals surface area contributed by atoms with E-state index in [0.29, 0.717) is 11.4 Å². The van der Waals surface area contributed by atoms with E-state index in [1.807, 2.05) is 24.0 Å². The molecule has 19 heavy (non-hydrogen) atoms. The largest absolute Gasteiger partial charge is 0.383 e. The van der Waals surface area contributed by atoms with Crippen molar-refractivity contribution in [3.63, 3.8) is 0 Å². The van der Waals surface area contributed by atoms with Gasteiger partial charge in [0.1, 0.15) is 5.03 Å². The number of hydrogen-bond acceptors (Lipinski definition) is 5. The molecule has 106 valence electrons. The Morgan fingerprint density at radius 2 is 2.47 bits per heavy atom. The van der Waals surface area contributed by atoms with E-state index in [1.54, 1.807) is 7.11 Å². The average molecular weight is 282 g/mol. The average Bonchev–Trinajstić information content (AvgIpc) is 2.82. The van der Waals surface area contributed by atoms with Gasteiger partial charge in [0.05, 0.1) is 12.7 Å². The van der Waals surface area contributed by atoms with Gasteiger partial charge >= 0.3 is 0 Å². The lowest BCUT2D eigenvalue weighted by Crippen LogP contribution is -2.20. The summed E-state index contributed by atoms with van der Waals surface area (Å²) in [4.78, 5) is 4.51. The Balaban J connectivity index is 1.91. The van der Waals surface area contributed by atoms with E-state index >= 15 is 0 Å². The number of rotatable bonds is 7. The molecule has 4 nitrogen and oxygen atoms in total. The molecule has 1 aliphatic rings. The SMILES string of the molecule is COCCNCc1cccnc1SC1CCOC1C. The third-order valence-corrected chi connectivity index (χ3v) is 4.73. The first-order valence-electron chi connectivity index (χ1n) is 6.73. The molecular formula is C14H22N2O2S. The summed E-state index contributed by atoms with van der Waals surface area (Å²) in [5.41, 5.74) is 1.25. The van der Waals surface area contributed by atoms with Crippen LogP contribution in [0.1, 0.15) is 18.9 Å². The molecule has 1 saturated heterocycles. The molecule has 0 spiro atoms. The Morgan fingerprint density at radius 3 is 3.21 bits per heavy atom. The van der Waals surface area contributed by atoms with Crippen molar-refractivity contribution >= 4 is 11.8 Å². The molecule has 2 heterocycles. The molecule has 1 fully saturated rings. The molecule has 1 aliphatic heterocycles. The second kappa shape index (κ2) is 7.85. The van der Waals surface area contributed by atoms with Gasteiger partial charge in [-0.2, -0.15) is 0 Å². The number of nitrogens with zero attached hydrogens (tertiary/aromatic N) is 1. The van der Waals surface area contributed by atoms with E-state index < -0.39 is 0 Å².